The predicted octanol–water partition coefficient (Wildman–Crippen LogP) is -0.642. The maximum Gasteiger partial charge on any atom is 0.323 e. The fourth-order valence-corrected chi connectivity index (χ4v) is 1.80. The van der Waals surface area contributed by atoms with Gasteiger partial charge in [-0.2, -0.15) is 0 Å². The van der Waals surface area contributed by atoms with Gasteiger partial charge >= 0.3 is 5.97 Å². The lowest BCUT2D eigenvalue weighted by molar-refractivity contribution is -0.138. The molecule has 2 N–H and O–H groups in total. The first kappa shape index (κ1) is 13.5. The number of aliphatic carboxylic acids is 1. The predicted molar refractivity (Wildman–Crippen MR) is 65.7 cm³/mol. The van der Waals surface area contributed by atoms with Gasteiger partial charge in [-0.15, -0.1) is 5.10 Å². The molecule has 1 aliphatic rings. The largest absolute Gasteiger partial charge is 0.480 e. The van der Waals surface area contributed by atoms with E-state index in [0.717, 1.165) is 13.1 Å². The van der Waals surface area contributed by atoms with Crippen LogP contribution in [-0.2, 0) is 4.79 Å². The van der Waals surface area contributed by atoms with Crippen molar-refractivity contribution >= 4 is 11.9 Å². The third kappa shape index (κ3) is 2.90. The number of aromatic nitrogens is 3. The summed E-state index contributed by atoms with van der Waals surface area (Å²) in [5.74, 6) is -1.45. The summed E-state index contributed by atoms with van der Waals surface area (Å²) in [6, 6.07) is 0.0140. The zero-order valence-corrected chi connectivity index (χ0v) is 10.9. The monoisotopic (exact) mass is 267 g/mol. The maximum absolute atomic E-state index is 12.2. The standard InChI is InChI=1S/C11H17N5O3/c1-7(2)15(6-10(17)18)11(19)9-5-16(14-13-9)8-3-12-4-8/h5,7-8,12H,3-4,6H2,1-2H3,(H,17,18). The SMILES string of the molecule is CC(C)N(CC(=O)O)C(=O)c1cn(C2CNC2)nn1. The Labute approximate surface area is 110 Å². The van der Waals surface area contributed by atoms with Crippen LogP contribution < -0.4 is 5.32 Å². The fraction of sp³-hybridized carbons (Fsp3) is 0.636. The van der Waals surface area contributed by atoms with Gasteiger partial charge in [0.1, 0.15) is 6.54 Å². The number of amides is 1. The molecule has 1 aromatic heterocycles. The quantitative estimate of drug-likeness (QED) is 0.736. The van der Waals surface area contributed by atoms with Crippen molar-refractivity contribution in [2.24, 2.45) is 0 Å². The molecule has 8 nitrogen and oxygen atoms in total. The van der Waals surface area contributed by atoms with Gasteiger partial charge < -0.3 is 15.3 Å². The lowest BCUT2D eigenvalue weighted by Gasteiger charge is -2.26. The molecular formula is C11H17N5O3. The topological polar surface area (TPSA) is 100 Å². The molecule has 0 atom stereocenters. The van der Waals surface area contributed by atoms with Crippen molar-refractivity contribution in [2.45, 2.75) is 25.9 Å². The molecule has 8 heteroatoms. The van der Waals surface area contributed by atoms with Gasteiger partial charge in [0.2, 0.25) is 0 Å². The van der Waals surface area contributed by atoms with Gasteiger partial charge in [0.25, 0.3) is 5.91 Å². The van der Waals surface area contributed by atoms with E-state index in [1.54, 1.807) is 24.7 Å². The minimum atomic E-state index is -1.04. The van der Waals surface area contributed by atoms with E-state index in [-0.39, 0.29) is 24.3 Å². The van der Waals surface area contributed by atoms with Crippen LogP contribution in [0.5, 0.6) is 0 Å². The van der Waals surface area contributed by atoms with Crippen LogP contribution in [0.1, 0.15) is 30.4 Å². The Balaban J connectivity index is 2.11. The summed E-state index contributed by atoms with van der Waals surface area (Å²) in [6.07, 6.45) is 1.57. The molecule has 1 fully saturated rings. The Morgan fingerprint density at radius 2 is 2.26 bits per heavy atom. The maximum atomic E-state index is 12.2. The second-order valence-electron chi connectivity index (χ2n) is 4.82. The highest BCUT2D eigenvalue weighted by Gasteiger charge is 2.26. The van der Waals surface area contributed by atoms with Gasteiger partial charge in [-0.3, -0.25) is 9.59 Å². The summed E-state index contributed by atoms with van der Waals surface area (Å²) in [6.45, 7) is 4.80. The van der Waals surface area contributed by atoms with Crippen LogP contribution in [0, 0.1) is 0 Å². The molecule has 1 aliphatic heterocycles. The molecule has 2 heterocycles. The lowest BCUT2D eigenvalue weighted by atomic mass is 10.2. The van der Waals surface area contributed by atoms with Crippen LogP contribution in [0.15, 0.2) is 6.20 Å². The minimum absolute atomic E-state index is 0.182. The molecule has 2 rings (SSSR count). The van der Waals surface area contributed by atoms with E-state index in [0.29, 0.717) is 0 Å². The molecule has 1 amide bonds. The molecule has 0 bridgehead atoms. The van der Waals surface area contributed by atoms with Crippen molar-refractivity contribution in [3.63, 3.8) is 0 Å². The summed E-state index contributed by atoms with van der Waals surface area (Å²) in [7, 11) is 0. The number of rotatable bonds is 5. The molecular weight excluding hydrogens is 250 g/mol. The number of nitrogens with zero attached hydrogens (tertiary/aromatic N) is 4. The Hall–Kier alpha value is -1.96. The molecule has 0 saturated carbocycles. The van der Waals surface area contributed by atoms with Crippen LogP contribution in [0.4, 0.5) is 0 Å². The molecule has 0 spiro atoms. The summed E-state index contributed by atoms with van der Waals surface area (Å²) in [4.78, 5) is 24.2. The number of hydrogen-bond donors (Lipinski definition) is 2. The molecule has 0 unspecified atom stereocenters. The van der Waals surface area contributed by atoms with E-state index in [2.05, 4.69) is 15.6 Å². The number of carbonyl (C=O) groups excluding carboxylic acids is 1. The van der Waals surface area contributed by atoms with E-state index in [4.69, 9.17) is 5.11 Å². The first-order chi connectivity index (χ1) is 8.99. The van der Waals surface area contributed by atoms with Crippen molar-refractivity contribution in [3.05, 3.63) is 11.9 Å². The highest BCUT2D eigenvalue weighted by Crippen LogP contribution is 2.12. The summed E-state index contributed by atoms with van der Waals surface area (Å²) in [5, 5.41) is 19.7. The Bertz CT molecular complexity index is 480. The zero-order valence-electron chi connectivity index (χ0n) is 10.9. The van der Waals surface area contributed by atoms with Crippen LogP contribution in [0.2, 0.25) is 0 Å². The van der Waals surface area contributed by atoms with Gasteiger partial charge in [0, 0.05) is 19.1 Å². The van der Waals surface area contributed by atoms with E-state index < -0.39 is 11.9 Å². The second kappa shape index (κ2) is 5.35. The van der Waals surface area contributed by atoms with Crippen molar-refractivity contribution in [1.82, 2.24) is 25.2 Å². The Morgan fingerprint density at radius 1 is 1.58 bits per heavy atom. The first-order valence-corrected chi connectivity index (χ1v) is 6.14. The normalized spacial score (nSPS) is 15.3. The van der Waals surface area contributed by atoms with Gasteiger partial charge in [-0.1, -0.05) is 5.21 Å². The average Bonchev–Trinajstić information content (AvgIpc) is 2.71. The molecule has 0 radical (unpaired) electrons. The van der Waals surface area contributed by atoms with E-state index in [1.165, 1.54) is 4.90 Å². The van der Waals surface area contributed by atoms with E-state index in [9.17, 15) is 9.59 Å². The number of carboxylic acids is 1. The first-order valence-electron chi connectivity index (χ1n) is 6.14. The minimum Gasteiger partial charge on any atom is -0.480 e. The number of carbonyl (C=O) groups is 2. The third-order valence-corrected chi connectivity index (χ3v) is 3.05. The molecule has 1 aromatic rings. The van der Waals surface area contributed by atoms with Crippen molar-refractivity contribution in [3.8, 4) is 0 Å². The van der Waals surface area contributed by atoms with Crippen molar-refractivity contribution < 1.29 is 14.7 Å². The van der Waals surface area contributed by atoms with E-state index in [1.807, 2.05) is 0 Å². The van der Waals surface area contributed by atoms with Crippen molar-refractivity contribution in [1.29, 1.82) is 0 Å². The van der Waals surface area contributed by atoms with Crippen LogP contribution in [0.3, 0.4) is 0 Å². The Kier molecular flexibility index (Phi) is 3.79. The molecule has 0 aromatic carbocycles. The Morgan fingerprint density at radius 3 is 2.74 bits per heavy atom. The zero-order chi connectivity index (χ0) is 14.0. The summed E-state index contributed by atoms with van der Waals surface area (Å²) < 4.78 is 1.64. The summed E-state index contributed by atoms with van der Waals surface area (Å²) >= 11 is 0. The lowest BCUT2D eigenvalue weighted by Crippen LogP contribution is -2.43. The summed E-state index contributed by atoms with van der Waals surface area (Å²) in [5.41, 5.74) is 0.182. The fourth-order valence-electron chi connectivity index (χ4n) is 1.80. The van der Waals surface area contributed by atoms with Gasteiger partial charge in [-0.05, 0) is 13.8 Å². The van der Waals surface area contributed by atoms with Crippen LogP contribution >= 0.6 is 0 Å². The molecule has 1 saturated heterocycles. The molecule has 19 heavy (non-hydrogen) atoms. The molecule has 0 aliphatic carbocycles. The highest BCUT2D eigenvalue weighted by atomic mass is 16.4. The number of nitrogens with one attached hydrogen (secondary N) is 1. The van der Waals surface area contributed by atoms with E-state index >= 15 is 0 Å². The molecule has 104 valence electrons. The highest BCUT2D eigenvalue weighted by molar-refractivity contribution is 5.94. The van der Waals surface area contributed by atoms with Crippen LogP contribution in [0.25, 0.3) is 0 Å². The van der Waals surface area contributed by atoms with Crippen molar-refractivity contribution in [2.75, 3.05) is 19.6 Å². The van der Waals surface area contributed by atoms with Gasteiger partial charge in [-0.25, -0.2) is 4.68 Å². The van der Waals surface area contributed by atoms with Gasteiger partial charge in [0.05, 0.1) is 12.2 Å². The number of hydrogen-bond acceptors (Lipinski definition) is 5. The smallest absolute Gasteiger partial charge is 0.323 e. The number of carboxylic acid groups (broad SMARTS) is 1. The second-order valence-corrected chi connectivity index (χ2v) is 4.82. The van der Waals surface area contributed by atoms with Crippen LogP contribution in [-0.4, -0.2) is 62.6 Å². The van der Waals surface area contributed by atoms with Gasteiger partial charge in [0.15, 0.2) is 5.69 Å². The average molecular weight is 267 g/mol. The third-order valence-electron chi connectivity index (χ3n) is 3.05.